The maximum Gasteiger partial charge on any atom is 0.259 e. The first-order valence-corrected chi connectivity index (χ1v) is 9.71. The van der Waals surface area contributed by atoms with Gasteiger partial charge in [0.1, 0.15) is 11.5 Å². The molecule has 1 aromatic heterocycles. The Kier molecular flexibility index (Phi) is 4.62. The predicted molar refractivity (Wildman–Crippen MR) is 117 cm³/mol. The summed E-state index contributed by atoms with van der Waals surface area (Å²) in [7, 11) is 0. The third-order valence-corrected chi connectivity index (χ3v) is 4.99. The molecule has 146 valence electrons. The highest BCUT2D eigenvalue weighted by molar-refractivity contribution is 6.10. The molecule has 0 spiro atoms. The molecule has 5 nitrogen and oxygen atoms in total. The van der Waals surface area contributed by atoms with Gasteiger partial charge in [0.2, 0.25) is 0 Å². The Morgan fingerprint density at radius 1 is 0.800 bits per heavy atom. The molecule has 30 heavy (non-hydrogen) atoms. The summed E-state index contributed by atoms with van der Waals surface area (Å²) in [4.78, 5) is 18.9. The number of anilines is 3. The number of aromatic nitrogens is 1. The van der Waals surface area contributed by atoms with E-state index < -0.39 is 0 Å². The molecule has 0 unspecified atom stereocenters. The van der Waals surface area contributed by atoms with Crippen LogP contribution in [0, 0.1) is 0 Å². The number of pyridine rings is 1. The molecule has 0 aliphatic carbocycles. The number of hydrogen-bond acceptors (Lipinski definition) is 4. The van der Waals surface area contributed by atoms with Crippen molar-refractivity contribution in [1.29, 1.82) is 0 Å². The van der Waals surface area contributed by atoms with Crippen LogP contribution in [0.3, 0.4) is 0 Å². The first kappa shape index (κ1) is 17.9. The Labute approximate surface area is 174 Å². The predicted octanol–water partition coefficient (Wildman–Crippen LogP) is 5.78. The van der Waals surface area contributed by atoms with E-state index in [1.807, 2.05) is 84.9 Å². The zero-order valence-corrected chi connectivity index (χ0v) is 16.2. The van der Waals surface area contributed by atoms with Crippen molar-refractivity contribution in [2.24, 2.45) is 0 Å². The maximum atomic E-state index is 13.1. The van der Waals surface area contributed by atoms with E-state index in [4.69, 9.17) is 4.74 Å². The quantitative estimate of drug-likeness (QED) is 0.467. The highest BCUT2D eigenvalue weighted by Gasteiger charge is 2.29. The molecule has 1 N–H and O–H groups in total. The normalized spacial score (nSPS) is 12.5. The fraction of sp³-hybridized carbons (Fsp3) is 0.0400. The molecular formula is C25H19N3O2. The monoisotopic (exact) mass is 393 g/mol. The summed E-state index contributed by atoms with van der Waals surface area (Å²) in [5.41, 5.74) is 4.33. The fourth-order valence-electron chi connectivity index (χ4n) is 3.53. The van der Waals surface area contributed by atoms with Crippen LogP contribution in [-0.2, 0) is 6.54 Å². The van der Waals surface area contributed by atoms with Gasteiger partial charge in [-0.3, -0.25) is 9.78 Å². The van der Waals surface area contributed by atoms with Gasteiger partial charge in [0.25, 0.3) is 5.91 Å². The van der Waals surface area contributed by atoms with Crippen LogP contribution in [0.2, 0.25) is 0 Å². The van der Waals surface area contributed by atoms with Gasteiger partial charge in [-0.25, -0.2) is 0 Å². The van der Waals surface area contributed by atoms with E-state index in [0.29, 0.717) is 17.9 Å². The van der Waals surface area contributed by atoms with E-state index in [9.17, 15) is 4.79 Å². The molecule has 0 fully saturated rings. The summed E-state index contributed by atoms with van der Waals surface area (Å²) < 4.78 is 5.92. The van der Waals surface area contributed by atoms with Gasteiger partial charge in [0, 0.05) is 41.1 Å². The number of benzene rings is 3. The van der Waals surface area contributed by atoms with Crippen molar-refractivity contribution in [2.75, 3.05) is 10.2 Å². The maximum absolute atomic E-state index is 13.1. The molecule has 0 saturated heterocycles. The van der Waals surface area contributed by atoms with Gasteiger partial charge < -0.3 is 15.0 Å². The second kappa shape index (κ2) is 7.72. The smallest absolute Gasteiger partial charge is 0.259 e. The number of hydrogen-bond donors (Lipinski definition) is 1. The lowest BCUT2D eigenvalue weighted by atomic mass is 10.1. The molecule has 0 bridgehead atoms. The van der Waals surface area contributed by atoms with E-state index in [0.717, 1.165) is 28.4 Å². The molecule has 1 aliphatic rings. The number of ether oxygens (including phenoxy) is 1. The van der Waals surface area contributed by atoms with Gasteiger partial charge in [-0.2, -0.15) is 0 Å². The van der Waals surface area contributed by atoms with Crippen LogP contribution >= 0.6 is 0 Å². The Morgan fingerprint density at radius 2 is 1.60 bits per heavy atom. The minimum Gasteiger partial charge on any atom is -0.457 e. The summed E-state index contributed by atoms with van der Waals surface area (Å²) >= 11 is 0. The standard InChI is InChI=1S/C25H19N3O2/c29-25-24-15-20(27-19-11-13-26-14-12-19)10-9-18(24)17-28(25)21-5-4-8-23(16-21)30-22-6-2-1-3-7-22/h1-16H,17H2,(H,26,27). The molecule has 0 saturated carbocycles. The summed E-state index contributed by atoms with van der Waals surface area (Å²) in [6, 6.07) is 26.9. The zero-order chi connectivity index (χ0) is 20.3. The second-order valence-electron chi connectivity index (χ2n) is 7.04. The van der Waals surface area contributed by atoms with Gasteiger partial charge in [0.15, 0.2) is 0 Å². The topological polar surface area (TPSA) is 54.5 Å². The van der Waals surface area contributed by atoms with E-state index in [2.05, 4.69) is 10.3 Å². The second-order valence-corrected chi connectivity index (χ2v) is 7.04. The number of para-hydroxylation sites is 1. The molecule has 0 atom stereocenters. The molecule has 5 heteroatoms. The van der Waals surface area contributed by atoms with Crippen molar-refractivity contribution >= 4 is 23.0 Å². The number of rotatable bonds is 5. The number of amides is 1. The largest absolute Gasteiger partial charge is 0.457 e. The summed E-state index contributed by atoms with van der Waals surface area (Å²) in [6.45, 7) is 0.540. The Balaban J connectivity index is 1.37. The Morgan fingerprint density at radius 3 is 2.43 bits per heavy atom. The molecule has 2 heterocycles. The van der Waals surface area contributed by atoms with Gasteiger partial charge >= 0.3 is 0 Å². The minimum absolute atomic E-state index is 0.0137. The van der Waals surface area contributed by atoms with Crippen molar-refractivity contribution in [3.8, 4) is 11.5 Å². The zero-order valence-electron chi connectivity index (χ0n) is 16.2. The summed E-state index contributed by atoms with van der Waals surface area (Å²) in [5, 5.41) is 3.31. The fourth-order valence-corrected chi connectivity index (χ4v) is 3.53. The molecule has 1 aliphatic heterocycles. The number of nitrogens with zero attached hydrogens (tertiary/aromatic N) is 2. The minimum atomic E-state index is -0.0137. The van der Waals surface area contributed by atoms with Crippen LogP contribution in [0.5, 0.6) is 11.5 Å². The summed E-state index contributed by atoms with van der Waals surface area (Å²) in [5.74, 6) is 1.44. The van der Waals surface area contributed by atoms with Crippen molar-refractivity contribution < 1.29 is 9.53 Å². The lowest BCUT2D eigenvalue weighted by Crippen LogP contribution is -2.22. The van der Waals surface area contributed by atoms with Gasteiger partial charge in [-0.15, -0.1) is 0 Å². The van der Waals surface area contributed by atoms with Crippen molar-refractivity contribution in [3.63, 3.8) is 0 Å². The van der Waals surface area contributed by atoms with E-state index in [1.54, 1.807) is 17.3 Å². The molecule has 3 aromatic carbocycles. The van der Waals surface area contributed by atoms with E-state index >= 15 is 0 Å². The molecule has 4 aromatic rings. The lowest BCUT2D eigenvalue weighted by Gasteiger charge is -2.17. The Hall–Kier alpha value is -4.12. The van der Waals surface area contributed by atoms with Crippen molar-refractivity contribution in [1.82, 2.24) is 4.98 Å². The molecular weight excluding hydrogens is 374 g/mol. The van der Waals surface area contributed by atoms with E-state index in [-0.39, 0.29) is 5.91 Å². The molecule has 5 rings (SSSR count). The SMILES string of the molecule is O=C1c2cc(Nc3ccncc3)ccc2CN1c1cccc(Oc2ccccc2)c1. The van der Waals surface area contributed by atoms with Gasteiger partial charge in [-0.05, 0) is 54.1 Å². The number of nitrogens with one attached hydrogen (secondary N) is 1. The Bertz CT molecular complexity index is 1190. The first-order chi connectivity index (χ1) is 14.8. The highest BCUT2D eigenvalue weighted by Crippen LogP contribution is 2.33. The average molecular weight is 393 g/mol. The third-order valence-electron chi connectivity index (χ3n) is 4.99. The number of fused-ring (bicyclic) bond motifs is 1. The van der Waals surface area contributed by atoms with Crippen LogP contribution in [0.25, 0.3) is 0 Å². The highest BCUT2D eigenvalue weighted by atomic mass is 16.5. The van der Waals surface area contributed by atoms with Crippen LogP contribution < -0.4 is 15.0 Å². The average Bonchev–Trinajstić information content (AvgIpc) is 3.11. The van der Waals surface area contributed by atoms with Crippen LogP contribution in [0.15, 0.2) is 97.3 Å². The van der Waals surface area contributed by atoms with Gasteiger partial charge in [-0.1, -0.05) is 30.3 Å². The van der Waals surface area contributed by atoms with Crippen LogP contribution in [0.4, 0.5) is 17.1 Å². The third kappa shape index (κ3) is 3.61. The lowest BCUT2D eigenvalue weighted by molar-refractivity contribution is 0.0996. The van der Waals surface area contributed by atoms with Crippen LogP contribution in [0.1, 0.15) is 15.9 Å². The number of carbonyl (C=O) groups excluding carboxylic acids is 1. The van der Waals surface area contributed by atoms with Crippen LogP contribution in [-0.4, -0.2) is 10.9 Å². The van der Waals surface area contributed by atoms with Gasteiger partial charge in [0.05, 0.1) is 6.54 Å². The summed E-state index contributed by atoms with van der Waals surface area (Å²) in [6.07, 6.45) is 3.46. The molecule has 0 radical (unpaired) electrons. The first-order valence-electron chi connectivity index (χ1n) is 9.71. The number of carbonyl (C=O) groups is 1. The van der Waals surface area contributed by atoms with Crippen molar-refractivity contribution in [3.05, 3.63) is 108 Å². The van der Waals surface area contributed by atoms with Crippen molar-refractivity contribution in [2.45, 2.75) is 6.54 Å². The molecule has 1 amide bonds. The van der Waals surface area contributed by atoms with E-state index in [1.165, 1.54) is 0 Å².